The van der Waals surface area contributed by atoms with Gasteiger partial charge in [0.25, 0.3) is 5.56 Å². The first-order chi connectivity index (χ1) is 12.7. The zero-order valence-corrected chi connectivity index (χ0v) is 14.3. The maximum atomic E-state index is 13.6. The quantitative estimate of drug-likeness (QED) is 0.220. The highest BCUT2D eigenvalue weighted by molar-refractivity contribution is 7.19. The Kier molecular flexibility index (Phi) is 5.03. The Morgan fingerprint density at radius 2 is 1.52 bits per heavy atom. The van der Waals surface area contributed by atoms with Crippen molar-refractivity contribution < 1.29 is 31.5 Å². The summed E-state index contributed by atoms with van der Waals surface area (Å²) in [6.45, 7) is 0. The van der Waals surface area contributed by atoms with Crippen molar-refractivity contribution in [3.05, 3.63) is 73.6 Å². The molecular formula is C16H5ClF5NO3S. The monoisotopic (exact) mass is 421 g/mol. The number of benzene rings is 1. The first kappa shape index (κ1) is 19.1. The van der Waals surface area contributed by atoms with E-state index in [9.17, 15) is 31.5 Å². The van der Waals surface area contributed by atoms with Gasteiger partial charge in [0.15, 0.2) is 0 Å². The molecule has 0 bridgehead atoms. The van der Waals surface area contributed by atoms with E-state index in [-0.39, 0.29) is 0 Å². The van der Waals surface area contributed by atoms with Crippen LogP contribution >= 0.6 is 22.9 Å². The summed E-state index contributed by atoms with van der Waals surface area (Å²) in [5, 5.41) is 0. The van der Waals surface area contributed by atoms with Gasteiger partial charge >= 0.3 is 5.97 Å². The van der Waals surface area contributed by atoms with Gasteiger partial charge in [-0.15, -0.1) is 11.3 Å². The van der Waals surface area contributed by atoms with E-state index in [2.05, 4.69) is 9.72 Å². The van der Waals surface area contributed by atoms with Crippen LogP contribution in [0.5, 0.6) is 5.75 Å². The van der Waals surface area contributed by atoms with Gasteiger partial charge in [-0.1, -0.05) is 11.6 Å². The molecule has 1 N–H and O–H groups in total. The van der Waals surface area contributed by atoms with Gasteiger partial charge in [0.2, 0.25) is 34.8 Å². The van der Waals surface area contributed by atoms with Crippen LogP contribution in [0.4, 0.5) is 22.0 Å². The summed E-state index contributed by atoms with van der Waals surface area (Å²) in [5.41, 5.74) is -1.40. The van der Waals surface area contributed by atoms with Crippen LogP contribution in [-0.4, -0.2) is 11.0 Å². The number of nitrogens with one attached hydrogen (secondary N) is 1. The number of halogens is 6. The van der Waals surface area contributed by atoms with Gasteiger partial charge in [-0.3, -0.25) is 4.79 Å². The highest BCUT2D eigenvalue weighted by Gasteiger charge is 2.29. The van der Waals surface area contributed by atoms with Gasteiger partial charge in [-0.25, -0.2) is 18.0 Å². The molecule has 140 valence electrons. The summed E-state index contributed by atoms with van der Waals surface area (Å²) in [6.07, 6.45) is 0. The molecule has 3 aromatic rings. The Balaban J connectivity index is 1.95. The fraction of sp³-hybridized carbons (Fsp3) is 0. The summed E-state index contributed by atoms with van der Waals surface area (Å²) in [6, 6.07) is 5.45. The van der Waals surface area contributed by atoms with Crippen LogP contribution < -0.4 is 10.3 Å². The second-order valence-electron chi connectivity index (χ2n) is 5.01. The lowest BCUT2D eigenvalue weighted by Crippen LogP contribution is -2.23. The summed E-state index contributed by atoms with van der Waals surface area (Å²) in [5.74, 6) is -15.0. The van der Waals surface area contributed by atoms with Crippen LogP contribution in [0.1, 0.15) is 10.4 Å². The molecule has 27 heavy (non-hydrogen) atoms. The molecule has 11 heteroatoms. The molecule has 0 aliphatic heterocycles. The van der Waals surface area contributed by atoms with Crippen LogP contribution in [0.3, 0.4) is 0 Å². The van der Waals surface area contributed by atoms with Gasteiger partial charge in [0, 0.05) is 0 Å². The largest absolute Gasteiger partial charge is 0.416 e. The number of ether oxygens (including phenoxy) is 1. The Labute approximate surface area is 155 Å². The number of aromatic amines is 1. The van der Waals surface area contributed by atoms with Crippen LogP contribution in [0.15, 0.2) is 29.1 Å². The standard InChI is InChI=1S/C16H5ClF5NO3S/c17-8-4-3-7(27-8)6-2-1-5(15(24)23-6)16(25)26-14-12(21)10(19)9(18)11(20)13(14)22/h1-4H,(H,23,24). The highest BCUT2D eigenvalue weighted by Crippen LogP contribution is 2.30. The molecule has 0 saturated heterocycles. The minimum Gasteiger partial charge on any atom is -0.416 e. The van der Waals surface area contributed by atoms with E-state index >= 15 is 0 Å². The Bertz CT molecular complexity index is 1100. The molecule has 0 radical (unpaired) electrons. The van der Waals surface area contributed by atoms with Crippen molar-refractivity contribution in [2.75, 3.05) is 0 Å². The van der Waals surface area contributed by atoms with Crippen molar-refractivity contribution >= 4 is 28.9 Å². The smallest absolute Gasteiger partial charge is 0.349 e. The lowest BCUT2D eigenvalue weighted by atomic mass is 10.2. The molecular weight excluding hydrogens is 417 g/mol. The van der Waals surface area contributed by atoms with Gasteiger partial charge in [0.05, 0.1) is 14.9 Å². The molecule has 0 unspecified atom stereocenters. The molecule has 0 atom stereocenters. The molecule has 3 rings (SSSR count). The van der Waals surface area contributed by atoms with Gasteiger partial charge < -0.3 is 9.72 Å². The number of rotatable bonds is 3. The molecule has 0 aliphatic carbocycles. The first-order valence-electron chi connectivity index (χ1n) is 6.93. The van der Waals surface area contributed by atoms with Crippen LogP contribution in [0.2, 0.25) is 4.34 Å². The second kappa shape index (κ2) is 7.12. The fourth-order valence-corrected chi connectivity index (χ4v) is 3.08. The average Bonchev–Trinajstić information content (AvgIpc) is 3.08. The molecule has 0 spiro atoms. The molecule has 0 fully saturated rings. The third kappa shape index (κ3) is 3.45. The SMILES string of the molecule is O=C(Oc1c(F)c(F)c(F)c(F)c1F)c1ccc(-c2ccc(Cl)s2)[nH]c1=O. The van der Waals surface area contributed by atoms with E-state index in [0.717, 1.165) is 17.4 Å². The predicted molar refractivity (Wildman–Crippen MR) is 86.6 cm³/mol. The van der Waals surface area contributed by atoms with Crippen LogP contribution in [-0.2, 0) is 0 Å². The number of H-pyrrole nitrogens is 1. The topological polar surface area (TPSA) is 59.2 Å². The van der Waals surface area contributed by atoms with E-state index in [1.54, 1.807) is 12.1 Å². The molecule has 0 saturated carbocycles. The number of aromatic nitrogens is 1. The Morgan fingerprint density at radius 3 is 2.04 bits per heavy atom. The number of carbonyl (C=O) groups is 1. The molecule has 2 heterocycles. The summed E-state index contributed by atoms with van der Waals surface area (Å²) >= 11 is 6.92. The molecule has 4 nitrogen and oxygen atoms in total. The van der Waals surface area contributed by atoms with Crippen molar-refractivity contribution in [3.8, 4) is 16.3 Å². The summed E-state index contributed by atoms with van der Waals surface area (Å²) in [7, 11) is 0. The second-order valence-corrected chi connectivity index (χ2v) is 6.72. The third-order valence-electron chi connectivity index (χ3n) is 3.33. The molecule has 0 amide bonds. The van der Waals surface area contributed by atoms with E-state index in [1.807, 2.05) is 0 Å². The average molecular weight is 422 g/mol. The fourth-order valence-electron chi connectivity index (χ4n) is 2.06. The third-order valence-corrected chi connectivity index (χ3v) is 4.60. The maximum absolute atomic E-state index is 13.6. The molecule has 2 aromatic heterocycles. The predicted octanol–water partition coefficient (Wildman–Crippen LogP) is 4.67. The van der Waals surface area contributed by atoms with Gasteiger partial charge in [0.1, 0.15) is 5.56 Å². The number of esters is 1. The highest BCUT2D eigenvalue weighted by atomic mass is 35.5. The van der Waals surface area contributed by atoms with E-state index < -0.39 is 51.9 Å². The van der Waals surface area contributed by atoms with Crippen molar-refractivity contribution in [1.82, 2.24) is 4.98 Å². The number of hydrogen-bond donors (Lipinski definition) is 1. The van der Waals surface area contributed by atoms with Crippen molar-refractivity contribution in [1.29, 1.82) is 0 Å². The lowest BCUT2D eigenvalue weighted by Gasteiger charge is -2.08. The van der Waals surface area contributed by atoms with Crippen molar-refractivity contribution in [2.45, 2.75) is 0 Å². The Morgan fingerprint density at radius 1 is 0.926 bits per heavy atom. The van der Waals surface area contributed by atoms with Gasteiger partial charge in [-0.2, -0.15) is 8.78 Å². The Hall–Kier alpha value is -2.72. The van der Waals surface area contributed by atoms with E-state index in [1.165, 1.54) is 6.07 Å². The summed E-state index contributed by atoms with van der Waals surface area (Å²) in [4.78, 5) is 26.9. The number of pyridine rings is 1. The van der Waals surface area contributed by atoms with Crippen LogP contribution in [0.25, 0.3) is 10.6 Å². The zero-order chi connectivity index (χ0) is 19.9. The lowest BCUT2D eigenvalue weighted by molar-refractivity contribution is 0.0714. The van der Waals surface area contributed by atoms with E-state index in [0.29, 0.717) is 14.9 Å². The van der Waals surface area contributed by atoms with Crippen molar-refractivity contribution in [2.24, 2.45) is 0 Å². The number of carbonyl (C=O) groups excluding carboxylic acids is 1. The number of thiophene rings is 1. The van der Waals surface area contributed by atoms with Crippen LogP contribution in [0, 0.1) is 29.1 Å². The van der Waals surface area contributed by atoms with E-state index in [4.69, 9.17) is 11.6 Å². The molecule has 1 aromatic carbocycles. The van der Waals surface area contributed by atoms with Crippen molar-refractivity contribution in [3.63, 3.8) is 0 Å². The normalized spacial score (nSPS) is 10.9. The minimum absolute atomic E-state index is 0.296. The zero-order valence-electron chi connectivity index (χ0n) is 12.7. The first-order valence-corrected chi connectivity index (χ1v) is 8.12. The van der Waals surface area contributed by atoms with Gasteiger partial charge in [-0.05, 0) is 24.3 Å². The molecule has 0 aliphatic rings. The minimum atomic E-state index is -2.40. The maximum Gasteiger partial charge on any atom is 0.349 e. The summed E-state index contributed by atoms with van der Waals surface area (Å²) < 4.78 is 71.1. The number of hydrogen-bond acceptors (Lipinski definition) is 4.